The van der Waals surface area contributed by atoms with Crippen molar-refractivity contribution in [2.45, 2.75) is 25.6 Å². The van der Waals surface area contributed by atoms with E-state index in [0.717, 1.165) is 19.2 Å². The van der Waals surface area contributed by atoms with Crippen molar-refractivity contribution in [1.29, 1.82) is 0 Å². The van der Waals surface area contributed by atoms with Crippen LogP contribution in [-0.2, 0) is 41.6 Å². The molecular formula is C32H32ClF3N4O6+2. The number of hydrogen-bond acceptors (Lipinski definition) is 6. The van der Waals surface area contributed by atoms with Gasteiger partial charge in [0.2, 0.25) is 5.60 Å². The van der Waals surface area contributed by atoms with E-state index in [-0.39, 0.29) is 33.5 Å². The molecule has 0 saturated heterocycles. The van der Waals surface area contributed by atoms with E-state index in [1.54, 1.807) is 0 Å². The minimum absolute atomic E-state index is 0.115. The molecule has 4 aromatic rings. The highest BCUT2D eigenvalue weighted by molar-refractivity contribution is 6.33. The lowest BCUT2D eigenvalue weighted by Gasteiger charge is -2.23. The van der Waals surface area contributed by atoms with Gasteiger partial charge in [-0.05, 0) is 43.2 Å². The van der Waals surface area contributed by atoms with Gasteiger partial charge in [-0.25, -0.2) is 28.1 Å². The molecule has 0 radical (unpaired) electrons. The third-order valence-electron chi connectivity index (χ3n) is 6.50. The summed E-state index contributed by atoms with van der Waals surface area (Å²) in [6.07, 6.45) is 4.63. The van der Waals surface area contributed by atoms with Crippen LogP contribution in [-0.4, -0.2) is 33.3 Å². The maximum absolute atomic E-state index is 13.0. The van der Waals surface area contributed by atoms with Gasteiger partial charge in [-0.1, -0.05) is 24.3 Å². The summed E-state index contributed by atoms with van der Waals surface area (Å²) in [6.45, 7) is 5.81. The number of benzene rings is 1. The summed E-state index contributed by atoms with van der Waals surface area (Å²) in [5.74, 6) is -1.96. The molecule has 10 nitrogen and oxygen atoms in total. The van der Waals surface area contributed by atoms with E-state index in [0.29, 0.717) is 4.57 Å². The summed E-state index contributed by atoms with van der Waals surface area (Å²) in [7, 11) is 4.90. The maximum Gasteiger partial charge on any atom is 0.431 e. The molecule has 0 spiro atoms. The topological polar surface area (TPSA) is 104 Å². The summed E-state index contributed by atoms with van der Waals surface area (Å²) in [4.78, 5) is 49.4. The number of ether oxygens (including phenoxy) is 2. The lowest BCUT2D eigenvalue weighted by molar-refractivity contribution is -0.671. The van der Waals surface area contributed by atoms with Crippen LogP contribution in [0.15, 0.2) is 95.6 Å². The zero-order valence-corrected chi connectivity index (χ0v) is 26.4. The van der Waals surface area contributed by atoms with Crippen molar-refractivity contribution in [2.24, 2.45) is 21.1 Å². The van der Waals surface area contributed by atoms with Crippen LogP contribution < -0.4 is 20.4 Å². The third-order valence-corrected chi connectivity index (χ3v) is 6.83. The molecule has 0 amide bonds. The Morgan fingerprint density at radius 2 is 1.46 bits per heavy atom. The Kier molecular flexibility index (Phi) is 11.1. The Balaban J connectivity index is 0.000000339. The smallest absolute Gasteiger partial charge is 0.431 e. The lowest BCUT2D eigenvalue weighted by atomic mass is 10.1. The maximum atomic E-state index is 13.0. The quantitative estimate of drug-likeness (QED) is 0.169. The van der Waals surface area contributed by atoms with Gasteiger partial charge in [0.15, 0.2) is 24.8 Å². The summed E-state index contributed by atoms with van der Waals surface area (Å²) in [5, 5.41) is -0.147. The fourth-order valence-corrected chi connectivity index (χ4v) is 4.16. The molecule has 0 bridgehead atoms. The van der Waals surface area contributed by atoms with Gasteiger partial charge in [0, 0.05) is 37.4 Å². The highest BCUT2D eigenvalue weighted by Crippen LogP contribution is 2.27. The Hall–Kier alpha value is -5.04. The van der Waals surface area contributed by atoms with Crippen molar-refractivity contribution >= 4 is 23.5 Å². The monoisotopic (exact) mass is 660 g/mol. The van der Waals surface area contributed by atoms with Crippen molar-refractivity contribution < 1.29 is 41.4 Å². The molecular weight excluding hydrogens is 629 g/mol. The summed E-state index contributed by atoms with van der Waals surface area (Å²) in [5.41, 5.74) is -3.77. The Labute approximate surface area is 267 Å². The average Bonchev–Trinajstić information content (AvgIpc) is 2.99. The highest BCUT2D eigenvalue weighted by atomic mass is 35.5. The van der Waals surface area contributed by atoms with Crippen LogP contribution in [0.5, 0.6) is 0 Å². The minimum atomic E-state index is -4.92. The van der Waals surface area contributed by atoms with Gasteiger partial charge in [0.05, 0.1) is 16.3 Å². The van der Waals surface area contributed by atoms with E-state index < -0.39 is 40.7 Å². The van der Waals surface area contributed by atoms with E-state index in [4.69, 9.17) is 21.1 Å². The van der Waals surface area contributed by atoms with E-state index in [9.17, 15) is 32.3 Å². The van der Waals surface area contributed by atoms with Gasteiger partial charge in [0.25, 0.3) is 5.56 Å². The Morgan fingerprint density at radius 3 is 1.93 bits per heavy atom. The second kappa shape index (κ2) is 14.4. The van der Waals surface area contributed by atoms with Crippen molar-refractivity contribution in [2.75, 3.05) is 6.61 Å². The highest BCUT2D eigenvalue weighted by Gasteiger charge is 2.36. The average molecular weight is 661 g/mol. The number of nitrogens with zero attached hydrogens (tertiary/aromatic N) is 4. The molecule has 14 heteroatoms. The predicted octanol–water partition coefficient (Wildman–Crippen LogP) is 3.88. The molecule has 3 aromatic heterocycles. The molecule has 3 heterocycles. The number of alkyl halides is 3. The largest absolute Gasteiger partial charge is 0.459 e. The van der Waals surface area contributed by atoms with E-state index >= 15 is 0 Å². The van der Waals surface area contributed by atoms with Gasteiger partial charge < -0.3 is 9.47 Å². The molecule has 46 heavy (non-hydrogen) atoms. The van der Waals surface area contributed by atoms with Crippen LogP contribution in [0.1, 0.15) is 29.9 Å². The zero-order chi connectivity index (χ0) is 34.4. The molecule has 0 N–H and O–H groups in total. The molecule has 0 fully saturated rings. The number of rotatable bonds is 7. The first kappa shape index (κ1) is 35.4. The fraction of sp³-hybridized carbons (Fsp3) is 0.250. The number of carbonyl (C=O) groups excluding carboxylic acids is 2. The third kappa shape index (κ3) is 8.57. The molecule has 0 aliphatic heterocycles. The molecule has 242 valence electrons. The second-order valence-electron chi connectivity index (χ2n) is 10.5. The van der Waals surface area contributed by atoms with Crippen LogP contribution in [0.4, 0.5) is 13.2 Å². The fourth-order valence-electron chi connectivity index (χ4n) is 3.97. The van der Waals surface area contributed by atoms with Gasteiger partial charge in [-0.2, -0.15) is 13.2 Å². The second-order valence-corrected chi connectivity index (χ2v) is 10.9. The summed E-state index contributed by atoms with van der Waals surface area (Å²) >= 11 is 6.02. The molecule has 1 aromatic carbocycles. The van der Waals surface area contributed by atoms with Gasteiger partial charge in [0.1, 0.15) is 26.4 Å². The van der Waals surface area contributed by atoms with Crippen LogP contribution >= 0.6 is 11.6 Å². The number of halogens is 4. The van der Waals surface area contributed by atoms with Gasteiger partial charge >= 0.3 is 23.8 Å². The molecule has 0 unspecified atom stereocenters. The van der Waals surface area contributed by atoms with E-state index in [1.165, 1.54) is 37.1 Å². The number of pyridine rings is 2. The summed E-state index contributed by atoms with van der Waals surface area (Å²) < 4.78 is 53.9. The zero-order valence-electron chi connectivity index (χ0n) is 25.7. The lowest BCUT2D eigenvalue weighted by Crippen LogP contribution is -2.41. The summed E-state index contributed by atoms with van der Waals surface area (Å²) in [6, 6.07) is 12.0. The molecule has 0 aliphatic carbocycles. The van der Waals surface area contributed by atoms with Crippen LogP contribution in [0.25, 0.3) is 16.8 Å². The van der Waals surface area contributed by atoms with Gasteiger partial charge in [-0.15, -0.1) is 0 Å². The number of aromatic nitrogens is 4. The molecule has 0 saturated carbocycles. The minimum Gasteiger partial charge on any atom is -0.459 e. The predicted molar refractivity (Wildman–Crippen MR) is 162 cm³/mol. The van der Waals surface area contributed by atoms with E-state index in [1.807, 2.05) is 23.2 Å². The van der Waals surface area contributed by atoms with Crippen molar-refractivity contribution in [3.63, 3.8) is 0 Å². The van der Waals surface area contributed by atoms with Crippen LogP contribution in [0.3, 0.4) is 0 Å². The number of carbonyl (C=O) groups is 2. The first-order chi connectivity index (χ1) is 21.5. The molecule has 4 rings (SSSR count). The normalized spacial score (nSPS) is 11.2. The standard InChI is InChI=1S/C20H18ClF3N2O6.C12H14N2/c1-5-8-31-17(29)19(2,3)32-16(28)12-9-11(6-7-13(12)21)26-15(27)10-14(20(22,23)24)25(4)18(26)30;1-13-7-3-11(4-8-13)12-5-9-14(2)10-6-12/h5-7,9-10H,1,8H2,2-4H3;3-10H,1-2H3/q;+2. The van der Waals surface area contributed by atoms with E-state index in [2.05, 4.69) is 55.6 Å². The molecule has 0 atom stereocenters. The SMILES string of the molecule is C=CCOC(=O)C(C)(C)OC(=O)c1cc(-n2c(=O)cc(C(F)(F)F)n(C)c2=O)ccc1Cl.C[n+]1ccc(-c2cc[n+](C)cc2)cc1. The first-order valence-corrected chi connectivity index (χ1v) is 14.0. The Morgan fingerprint density at radius 1 is 0.935 bits per heavy atom. The van der Waals surface area contributed by atoms with Crippen molar-refractivity contribution in [1.82, 2.24) is 9.13 Å². The number of esters is 2. The number of hydrogen-bond donors (Lipinski definition) is 0. The van der Waals surface area contributed by atoms with Crippen molar-refractivity contribution in [3.05, 3.63) is 123 Å². The number of aryl methyl sites for hydroxylation is 2. The van der Waals surface area contributed by atoms with Gasteiger partial charge in [-0.3, -0.25) is 9.36 Å². The van der Waals surface area contributed by atoms with Crippen molar-refractivity contribution in [3.8, 4) is 16.8 Å². The molecule has 0 aliphatic rings. The Bertz CT molecular complexity index is 1820. The first-order valence-electron chi connectivity index (χ1n) is 13.6. The van der Waals surface area contributed by atoms with Crippen LogP contribution in [0.2, 0.25) is 5.02 Å². The van der Waals surface area contributed by atoms with Crippen LogP contribution in [0, 0.1) is 0 Å².